The number of hydrazone groups is 1. The minimum atomic E-state index is 0.385. The van der Waals surface area contributed by atoms with Crippen LogP contribution in [0, 0.1) is 5.92 Å². The molecule has 2 aliphatic heterocycles. The third-order valence-electron chi connectivity index (χ3n) is 5.69. The highest BCUT2D eigenvalue weighted by atomic mass is 15.4. The number of nitrogens with zero attached hydrogens (tertiary/aromatic N) is 4. The summed E-state index contributed by atoms with van der Waals surface area (Å²) in [5, 5.41) is 12.3. The van der Waals surface area contributed by atoms with Crippen molar-refractivity contribution in [1.82, 2.24) is 14.9 Å². The number of hydrogen-bond donors (Lipinski definition) is 1. The SMILES string of the molecule is CC1CCN(CCNc2cc3cc(C4C=NN(C)C4)ccc3cn2)CC1. The summed E-state index contributed by atoms with van der Waals surface area (Å²) in [5.74, 6) is 2.24. The summed E-state index contributed by atoms with van der Waals surface area (Å²) in [5.41, 5.74) is 1.32. The van der Waals surface area contributed by atoms with Gasteiger partial charge in [-0.1, -0.05) is 25.1 Å². The molecule has 1 aromatic carbocycles. The van der Waals surface area contributed by atoms with Gasteiger partial charge in [-0.2, -0.15) is 5.10 Å². The minimum Gasteiger partial charge on any atom is -0.369 e. The van der Waals surface area contributed by atoms with Gasteiger partial charge >= 0.3 is 0 Å². The monoisotopic (exact) mass is 351 g/mol. The lowest BCUT2D eigenvalue weighted by atomic mass is 9.98. The average Bonchev–Trinajstić information content (AvgIpc) is 3.09. The molecule has 1 atom stereocenters. The van der Waals surface area contributed by atoms with Gasteiger partial charge in [0.1, 0.15) is 5.82 Å². The number of pyridine rings is 1. The highest BCUT2D eigenvalue weighted by Gasteiger charge is 2.17. The van der Waals surface area contributed by atoms with Gasteiger partial charge in [-0.25, -0.2) is 4.98 Å². The number of hydrogen-bond acceptors (Lipinski definition) is 5. The van der Waals surface area contributed by atoms with Gasteiger partial charge in [0.2, 0.25) is 0 Å². The van der Waals surface area contributed by atoms with Crippen molar-refractivity contribution in [2.45, 2.75) is 25.7 Å². The predicted octanol–water partition coefficient (Wildman–Crippen LogP) is 3.39. The van der Waals surface area contributed by atoms with Crippen LogP contribution in [0.15, 0.2) is 35.6 Å². The van der Waals surface area contributed by atoms with Gasteiger partial charge in [-0.3, -0.25) is 5.01 Å². The number of fused-ring (bicyclic) bond motifs is 1. The van der Waals surface area contributed by atoms with Crippen LogP contribution in [-0.4, -0.2) is 60.9 Å². The number of nitrogens with one attached hydrogen (secondary N) is 1. The standard InChI is InChI=1S/C21H29N5/c1-16-5-8-26(9-6-16)10-7-22-21-12-19-11-17(3-4-18(19)13-23-21)20-14-24-25(2)15-20/h3-4,11-14,16,20H,5-10,15H2,1-2H3,(H,22,23). The van der Waals surface area contributed by atoms with E-state index < -0.39 is 0 Å². The maximum Gasteiger partial charge on any atom is 0.126 e. The summed E-state index contributed by atoms with van der Waals surface area (Å²) in [7, 11) is 2.02. The summed E-state index contributed by atoms with van der Waals surface area (Å²) in [6.07, 6.45) is 6.67. The lowest BCUT2D eigenvalue weighted by molar-refractivity contribution is 0.199. The lowest BCUT2D eigenvalue weighted by Crippen LogP contribution is -2.36. The van der Waals surface area contributed by atoms with Crippen LogP contribution in [0.3, 0.4) is 0 Å². The van der Waals surface area contributed by atoms with E-state index >= 15 is 0 Å². The Balaban J connectivity index is 1.39. The van der Waals surface area contributed by atoms with Crippen molar-refractivity contribution in [3.8, 4) is 0 Å². The van der Waals surface area contributed by atoms with E-state index in [1.165, 1.54) is 42.3 Å². The van der Waals surface area contributed by atoms with Gasteiger partial charge in [0.15, 0.2) is 0 Å². The van der Waals surface area contributed by atoms with Crippen LogP contribution in [0.4, 0.5) is 5.82 Å². The van der Waals surface area contributed by atoms with Gasteiger partial charge in [-0.15, -0.1) is 0 Å². The van der Waals surface area contributed by atoms with E-state index in [4.69, 9.17) is 0 Å². The highest BCUT2D eigenvalue weighted by Crippen LogP contribution is 2.25. The van der Waals surface area contributed by atoms with E-state index in [0.717, 1.165) is 31.4 Å². The van der Waals surface area contributed by atoms with Crippen LogP contribution in [-0.2, 0) is 0 Å². The first kappa shape index (κ1) is 17.3. The molecule has 0 bridgehead atoms. The molecular formula is C21H29N5. The van der Waals surface area contributed by atoms with Crippen molar-refractivity contribution in [3.63, 3.8) is 0 Å². The second-order valence-electron chi connectivity index (χ2n) is 7.84. The molecule has 0 amide bonds. The molecule has 1 unspecified atom stereocenters. The van der Waals surface area contributed by atoms with E-state index in [1.54, 1.807) is 0 Å². The Morgan fingerprint density at radius 3 is 2.77 bits per heavy atom. The topological polar surface area (TPSA) is 43.8 Å². The molecule has 1 aromatic heterocycles. The Kier molecular flexibility index (Phi) is 5.07. The van der Waals surface area contributed by atoms with E-state index in [0.29, 0.717) is 5.92 Å². The Hall–Kier alpha value is -2.14. The maximum absolute atomic E-state index is 4.58. The molecule has 0 aliphatic carbocycles. The maximum atomic E-state index is 4.58. The molecule has 0 spiro atoms. The van der Waals surface area contributed by atoms with E-state index in [2.05, 4.69) is 51.5 Å². The molecule has 1 saturated heterocycles. The van der Waals surface area contributed by atoms with Crippen LogP contribution in [0.1, 0.15) is 31.2 Å². The van der Waals surface area contributed by atoms with Crippen LogP contribution in [0.2, 0.25) is 0 Å². The molecule has 26 heavy (non-hydrogen) atoms. The first-order chi connectivity index (χ1) is 12.7. The number of likely N-dealkylation sites (N-methyl/N-ethyl adjacent to an activating group) is 1. The molecule has 3 heterocycles. The molecule has 2 aromatic rings. The Morgan fingerprint density at radius 2 is 2.00 bits per heavy atom. The van der Waals surface area contributed by atoms with E-state index in [-0.39, 0.29) is 0 Å². The van der Waals surface area contributed by atoms with Gasteiger partial charge in [0.05, 0.1) is 0 Å². The molecule has 2 aliphatic rings. The van der Waals surface area contributed by atoms with Crippen molar-refractivity contribution in [2.75, 3.05) is 45.1 Å². The van der Waals surface area contributed by atoms with Crippen LogP contribution in [0.5, 0.6) is 0 Å². The quantitative estimate of drug-likeness (QED) is 0.897. The second-order valence-corrected chi connectivity index (χ2v) is 7.84. The summed E-state index contributed by atoms with van der Waals surface area (Å²) >= 11 is 0. The average molecular weight is 351 g/mol. The molecule has 5 nitrogen and oxygen atoms in total. The molecule has 0 saturated carbocycles. The smallest absolute Gasteiger partial charge is 0.126 e. The fourth-order valence-corrected chi connectivity index (χ4v) is 3.88. The van der Waals surface area contributed by atoms with Crippen molar-refractivity contribution < 1.29 is 0 Å². The predicted molar refractivity (Wildman–Crippen MR) is 109 cm³/mol. The Labute approximate surface area is 156 Å². The van der Waals surface area contributed by atoms with Crippen molar-refractivity contribution in [1.29, 1.82) is 0 Å². The van der Waals surface area contributed by atoms with Crippen LogP contribution in [0.25, 0.3) is 10.8 Å². The molecule has 1 N–H and O–H groups in total. The number of piperidine rings is 1. The van der Waals surface area contributed by atoms with Gasteiger partial charge < -0.3 is 10.2 Å². The van der Waals surface area contributed by atoms with Gasteiger partial charge in [0, 0.05) is 50.4 Å². The van der Waals surface area contributed by atoms with Crippen molar-refractivity contribution in [3.05, 3.63) is 36.0 Å². The molecule has 4 rings (SSSR count). The van der Waals surface area contributed by atoms with Gasteiger partial charge in [-0.05, 0) is 48.9 Å². The number of benzene rings is 1. The first-order valence-corrected chi connectivity index (χ1v) is 9.78. The fraction of sp³-hybridized carbons (Fsp3) is 0.524. The Morgan fingerprint density at radius 1 is 1.15 bits per heavy atom. The summed E-state index contributed by atoms with van der Waals surface area (Å²) in [4.78, 5) is 7.13. The number of likely N-dealkylation sites (tertiary alicyclic amines) is 1. The minimum absolute atomic E-state index is 0.385. The third-order valence-corrected chi connectivity index (χ3v) is 5.69. The number of aromatic nitrogens is 1. The summed E-state index contributed by atoms with van der Waals surface area (Å²) in [6, 6.07) is 8.82. The fourth-order valence-electron chi connectivity index (χ4n) is 3.88. The van der Waals surface area contributed by atoms with E-state index in [1.807, 2.05) is 24.5 Å². The van der Waals surface area contributed by atoms with Crippen LogP contribution < -0.4 is 5.32 Å². The molecule has 5 heteroatoms. The number of rotatable bonds is 5. The zero-order valence-corrected chi connectivity index (χ0v) is 15.9. The largest absolute Gasteiger partial charge is 0.369 e. The third kappa shape index (κ3) is 3.98. The van der Waals surface area contributed by atoms with Crippen molar-refractivity contribution in [2.24, 2.45) is 11.0 Å². The first-order valence-electron chi connectivity index (χ1n) is 9.78. The molecule has 1 fully saturated rings. The van der Waals surface area contributed by atoms with Crippen LogP contribution >= 0.6 is 0 Å². The molecule has 138 valence electrons. The molecule has 0 radical (unpaired) electrons. The normalized spacial score (nSPS) is 21.6. The summed E-state index contributed by atoms with van der Waals surface area (Å²) in [6.45, 7) is 7.82. The van der Waals surface area contributed by atoms with Crippen molar-refractivity contribution >= 4 is 22.8 Å². The number of anilines is 1. The molecular weight excluding hydrogens is 322 g/mol. The summed E-state index contributed by atoms with van der Waals surface area (Å²) < 4.78 is 0. The zero-order valence-electron chi connectivity index (χ0n) is 15.9. The van der Waals surface area contributed by atoms with E-state index in [9.17, 15) is 0 Å². The van der Waals surface area contributed by atoms with Gasteiger partial charge in [0.25, 0.3) is 0 Å². The second kappa shape index (κ2) is 7.62. The lowest BCUT2D eigenvalue weighted by Gasteiger charge is -2.30. The highest BCUT2D eigenvalue weighted by molar-refractivity contribution is 5.86. The zero-order chi connectivity index (χ0) is 17.9. The Bertz CT molecular complexity index is 779.